The Labute approximate surface area is 126 Å². The minimum Gasteiger partial charge on any atom is -0.259 e. The van der Waals surface area contributed by atoms with Crippen LogP contribution in [-0.2, 0) is 28.5 Å². The second kappa shape index (κ2) is 6.56. The highest BCUT2D eigenvalue weighted by Gasteiger charge is 2.29. The third-order valence-corrected chi connectivity index (χ3v) is 4.23. The summed E-state index contributed by atoms with van der Waals surface area (Å²) in [5.74, 6) is -1.65. The predicted octanol–water partition coefficient (Wildman–Crippen LogP) is 4.43. The lowest BCUT2D eigenvalue weighted by molar-refractivity contribution is -0.137. The minimum atomic E-state index is -4.42. The van der Waals surface area contributed by atoms with Crippen molar-refractivity contribution < 1.29 is 26.2 Å². The molecule has 0 heterocycles. The van der Waals surface area contributed by atoms with Gasteiger partial charge in [0.15, 0.2) is 0 Å². The molecule has 2 rings (SSSR count). The van der Waals surface area contributed by atoms with Gasteiger partial charge in [-0.15, -0.1) is 0 Å². The van der Waals surface area contributed by atoms with Gasteiger partial charge in [0, 0.05) is 28.2 Å². The van der Waals surface area contributed by atoms with Gasteiger partial charge in [-0.1, -0.05) is 18.2 Å². The topological polar surface area (TPSA) is 17.1 Å². The fraction of sp³-hybridized carbons (Fsp3) is 0.200. The van der Waals surface area contributed by atoms with Crippen LogP contribution in [0.15, 0.2) is 42.5 Å². The number of alkyl halides is 3. The molecule has 0 aromatic heterocycles. The van der Waals surface area contributed by atoms with Crippen molar-refractivity contribution in [2.24, 2.45) is 0 Å². The first kappa shape index (κ1) is 16.6. The number of halogens is 5. The standard InChI is InChI=1S/C15H11F5OS/c16-13-6-3-11(14(17)7-13)9-22(21)8-10-1-4-12(5-2-10)15(18,19)20/h1-7H,8-9H2/t22-/m0/s1. The fourth-order valence-electron chi connectivity index (χ4n) is 1.84. The van der Waals surface area contributed by atoms with Gasteiger partial charge in [0.2, 0.25) is 0 Å². The van der Waals surface area contributed by atoms with Gasteiger partial charge in [-0.25, -0.2) is 8.78 Å². The second-order valence-corrected chi connectivity index (χ2v) is 6.12. The molecule has 0 aliphatic rings. The molecular weight excluding hydrogens is 323 g/mol. The Morgan fingerprint density at radius 3 is 2.09 bits per heavy atom. The molecule has 22 heavy (non-hydrogen) atoms. The molecule has 0 unspecified atom stereocenters. The molecule has 118 valence electrons. The summed E-state index contributed by atoms with van der Waals surface area (Å²) in [6.45, 7) is 0. The summed E-state index contributed by atoms with van der Waals surface area (Å²) in [5.41, 5.74) is -0.230. The zero-order chi connectivity index (χ0) is 16.3. The maximum absolute atomic E-state index is 13.4. The molecule has 0 saturated heterocycles. The molecule has 0 amide bonds. The van der Waals surface area contributed by atoms with Crippen LogP contribution < -0.4 is 0 Å². The molecule has 7 heteroatoms. The van der Waals surface area contributed by atoms with Crippen LogP contribution in [0.25, 0.3) is 0 Å². The maximum atomic E-state index is 13.4. The monoisotopic (exact) mass is 334 g/mol. The fourth-order valence-corrected chi connectivity index (χ4v) is 3.09. The van der Waals surface area contributed by atoms with Crippen LogP contribution in [0.2, 0.25) is 0 Å². The third kappa shape index (κ3) is 4.37. The van der Waals surface area contributed by atoms with Gasteiger partial charge in [-0.05, 0) is 23.8 Å². The van der Waals surface area contributed by atoms with E-state index in [0.29, 0.717) is 11.6 Å². The Morgan fingerprint density at radius 1 is 0.909 bits per heavy atom. The lowest BCUT2D eigenvalue weighted by atomic mass is 10.1. The van der Waals surface area contributed by atoms with Crippen LogP contribution >= 0.6 is 0 Å². The van der Waals surface area contributed by atoms with E-state index in [1.165, 1.54) is 18.2 Å². The number of hydrogen-bond donors (Lipinski definition) is 0. The summed E-state index contributed by atoms with van der Waals surface area (Å²) < 4.78 is 75.4. The van der Waals surface area contributed by atoms with Gasteiger partial charge < -0.3 is 0 Å². The first-order valence-electron chi connectivity index (χ1n) is 6.21. The quantitative estimate of drug-likeness (QED) is 0.756. The zero-order valence-corrected chi connectivity index (χ0v) is 12.0. The van der Waals surface area contributed by atoms with Crippen LogP contribution in [0.3, 0.4) is 0 Å². The maximum Gasteiger partial charge on any atom is 0.416 e. The van der Waals surface area contributed by atoms with E-state index in [4.69, 9.17) is 0 Å². The zero-order valence-electron chi connectivity index (χ0n) is 11.2. The highest BCUT2D eigenvalue weighted by Crippen LogP contribution is 2.29. The van der Waals surface area contributed by atoms with Crippen molar-refractivity contribution in [2.75, 3.05) is 0 Å². The molecule has 1 atom stereocenters. The molecular formula is C15H11F5OS. The van der Waals surface area contributed by atoms with E-state index in [1.54, 1.807) is 0 Å². The number of benzene rings is 2. The average molecular weight is 334 g/mol. The average Bonchev–Trinajstić information content (AvgIpc) is 2.41. The van der Waals surface area contributed by atoms with Crippen molar-refractivity contribution in [2.45, 2.75) is 17.7 Å². The Balaban J connectivity index is 2.03. The molecule has 0 bridgehead atoms. The van der Waals surface area contributed by atoms with Crippen molar-refractivity contribution in [3.05, 3.63) is 70.8 Å². The molecule has 0 aliphatic heterocycles. The molecule has 2 aromatic carbocycles. The van der Waals surface area contributed by atoms with Crippen LogP contribution in [0.1, 0.15) is 16.7 Å². The molecule has 1 nitrogen and oxygen atoms in total. The number of rotatable bonds is 4. The lowest BCUT2D eigenvalue weighted by Crippen LogP contribution is -2.05. The van der Waals surface area contributed by atoms with Gasteiger partial charge in [-0.3, -0.25) is 4.21 Å². The van der Waals surface area contributed by atoms with Crippen molar-refractivity contribution in [1.29, 1.82) is 0 Å². The van der Waals surface area contributed by atoms with E-state index in [9.17, 15) is 26.2 Å². The second-order valence-electron chi connectivity index (χ2n) is 4.66. The van der Waals surface area contributed by atoms with Crippen LogP contribution in [0, 0.1) is 11.6 Å². The van der Waals surface area contributed by atoms with E-state index < -0.39 is 34.2 Å². The summed E-state index contributed by atoms with van der Waals surface area (Å²) in [7, 11) is -1.51. The molecule has 0 N–H and O–H groups in total. The Kier molecular flexibility index (Phi) is 4.95. The van der Waals surface area contributed by atoms with Crippen molar-refractivity contribution in [3.63, 3.8) is 0 Å². The summed E-state index contributed by atoms with van der Waals surface area (Å²) in [5, 5.41) is 0. The molecule has 0 aliphatic carbocycles. The molecule has 0 fully saturated rings. The number of hydrogen-bond acceptors (Lipinski definition) is 1. The van der Waals surface area contributed by atoms with Crippen molar-refractivity contribution in [3.8, 4) is 0 Å². The van der Waals surface area contributed by atoms with Crippen molar-refractivity contribution >= 4 is 10.8 Å². The smallest absolute Gasteiger partial charge is 0.259 e. The van der Waals surface area contributed by atoms with Gasteiger partial charge in [0.05, 0.1) is 11.3 Å². The van der Waals surface area contributed by atoms with Crippen LogP contribution in [0.5, 0.6) is 0 Å². The Bertz CT molecular complexity index is 679. The summed E-state index contributed by atoms with van der Waals surface area (Å²) in [6, 6.07) is 7.26. The third-order valence-electron chi connectivity index (χ3n) is 2.94. The summed E-state index contributed by atoms with van der Waals surface area (Å²) in [4.78, 5) is 0. The largest absolute Gasteiger partial charge is 0.416 e. The van der Waals surface area contributed by atoms with Gasteiger partial charge in [-0.2, -0.15) is 13.2 Å². The van der Waals surface area contributed by atoms with Crippen molar-refractivity contribution in [1.82, 2.24) is 0 Å². The van der Waals surface area contributed by atoms with Crippen LogP contribution in [0.4, 0.5) is 22.0 Å². The highest BCUT2D eigenvalue weighted by molar-refractivity contribution is 7.83. The molecule has 0 radical (unpaired) electrons. The van der Waals surface area contributed by atoms with Gasteiger partial charge in [0.25, 0.3) is 0 Å². The summed E-state index contributed by atoms with van der Waals surface area (Å²) >= 11 is 0. The van der Waals surface area contributed by atoms with E-state index >= 15 is 0 Å². The highest BCUT2D eigenvalue weighted by atomic mass is 32.2. The lowest BCUT2D eigenvalue weighted by Gasteiger charge is -2.08. The minimum absolute atomic E-state index is 0.00501. The molecule has 0 saturated carbocycles. The van der Waals surface area contributed by atoms with E-state index in [0.717, 1.165) is 18.2 Å². The van der Waals surface area contributed by atoms with E-state index in [2.05, 4.69) is 0 Å². The normalized spacial score (nSPS) is 13.1. The predicted molar refractivity (Wildman–Crippen MR) is 73.4 cm³/mol. The van der Waals surface area contributed by atoms with Gasteiger partial charge >= 0.3 is 6.18 Å². The Hall–Kier alpha value is -1.76. The first-order chi connectivity index (χ1) is 10.3. The van der Waals surface area contributed by atoms with E-state index in [-0.39, 0.29) is 17.1 Å². The van der Waals surface area contributed by atoms with Gasteiger partial charge in [0.1, 0.15) is 11.6 Å². The Morgan fingerprint density at radius 2 is 1.55 bits per heavy atom. The SMILES string of the molecule is O=[S@@](Cc1ccc(C(F)(F)F)cc1)Cc1ccc(F)cc1F. The van der Waals surface area contributed by atoms with E-state index in [1.807, 2.05) is 0 Å². The molecule has 2 aromatic rings. The summed E-state index contributed by atoms with van der Waals surface area (Å²) in [6.07, 6.45) is -4.42. The van der Waals surface area contributed by atoms with Crippen LogP contribution in [-0.4, -0.2) is 4.21 Å². The first-order valence-corrected chi connectivity index (χ1v) is 7.69. The molecule has 0 spiro atoms.